The van der Waals surface area contributed by atoms with Crippen LogP contribution in [0.3, 0.4) is 0 Å². The summed E-state index contributed by atoms with van der Waals surface area (Å²) in [5.74, 6) is 0.109. The summed E-state index contributed by atoms with van der Waals surface area (Å²) >= 11 is 0. The van der Waals surface area contributed by atoms with Crippen molar-refractivity contribution in [2.24, 2.45) is 0 Å². The zero-order valence-electron chi connectivity index (χ0n) is 15.1. The summed E-state index contributed by atoms with van der Waals surface area (Å²) in [5.41, 5.74) is 3.11. The van der Waals surface area contributed by atoms with Crippen LogP contribution in [0.5, 0.6) is 0 Å². The van der Waals surface area contributed by atoms with E-state index in [2.05, 4.69) is 4.98 Å². The number of aromatic nitrogens is 2. The first-order chi connectivity index (χ1) is 13.1. The highest BCUT2D eigenvalue weighted by Crippen LogP contribution is 2.32. The predicted molar refractivity (Wildman–Crippen MR) is 97.7 cm³/mol. The fourth-order valence-corrected chi connectivity index (χ4v) is 3.52. The molecular formula is C21H20FN3O2. The molecule has 0 aliphatic carbocycles. The molecule has 1 fully saturated rings. The number of rotatable bonds is 4. The Morgan fingerprint density at radius 3 is 2.78 bits per heavy atom. The Bertz CT molecular complexity index is 952. The van der Waals surface area contributed by atoms with Crippen molar-refractivity contribution in [2.45, 2.75) is 32.2 Å². The first-order valence-electron chi connectivity index (χ1n) is 9.03. The Morgan fingerprint density at radius 1 is 1.22 bits per heavy atom. The van der Waals surface area contributed by atoms with Crippen molar-refractivity contribution in [2.75, 3.05) is 6.54 Å². The maximum atomic E-state index is 13.1. The van der Waals surface area contributed by atoms with Crippen molar-refractivity contribution in [3.05, 3.63) is 83.1 Å². The van der Waals surface area contributed by atoms with Gasteiger partial charge in [-0.15, -0.1) is 0 Å². The fraction of sp³-hybridized carbons (Fsp3) is 0.286. The van der Waals surface area contributed by atoms with Gasteiger partial charge in [0, 0.05) is 25.6 Å². The van der Waals surface area contributed by atoms with E-state index in [4.69, 9.17) is 9.40 Å². The third-order valence-electron chi connectivity index (χ3n) is 4.82. The van der Waals surface area contributed by atoms with E-state index < -0.39 is 0 Å². The van der Waals surface area contributed by atoms with Crippen LogP contribution in [-0.4, -0.2) is 27.3 Å². The molecule has 1 aromatic carbocycles. The highest BCUT2D eigenvalue weighted by atomic mass is 19.1. The lowest BCUT2D eigenvalue weighted by Gasteiger charge is -2.23. The number of carbonyl (C=O) groups is 1. The van der Waals surface area contributed by atoms with Gasteiger partial charge in [-0.1, -0.05) is 18.2 Å². The van der Waals surface area contributed by atoms with Gasteiger partial charge in [0.2, 0.25) is 0 Å². The molecule has 1 aliphatic rings. The van der Waals surface area contributed by atoms with Gasteiger partial charge in [0.1, 0.15) is 12.1 Å². The van der Waals surface area contributed by atoms with Crippen LogP contribution in [0.2, 0.25) is 0 Å². The van der Waals surface area contributed by atoms with Crippen LogP contribution in [0.1, 0.15) is 52.2 Å². The maximum absolute atomic E-state index is 13.1. The number of likely N-dealkylation sites (tertiary alicyclic amines) is 1. The molecule has 0 spiro atoms. The van der Waals surface area contributed by atoms with E-state index in [-0.39, 0.29) is 17.8 Å². The number of amides is 1. The molecule has 4 rings (SSSR count). The molecule has 0 bridgehead atoms. The molecule has 6 heteroatoms. The summed E-state index contributed by atoms with van der Waals surface area (Å²) in [6.07, 6.45) is 3.83. The lowest BCUT2D eigenvalue weighted by molar-refractivity contribution is 0.0726. The molecule has 1 amide bonds. The van der Waals surface area contributed by atoms with Gasteiger partial charge in [0.15, 0.2) is 11.6 Å². The van der Waals surface area contributed by atoms with Gasteiger partial charge in [0.05, 0.1) is 11.7 Å². The Labute approximate surface area is 156 Å². The highest BCUT2D eigenvalue weighted by Gasteiger charge is 2.32. The van der Waals surface area contributed by atoms with Crippen molar-refractivity contribution in [1.29, 1.82) is 0 Å². The van der Waals surface area contributed by atoms with Crippen LogP contribution in [0.4, 0.5) is 4.39 Å². The first kappa shape index (κ1) is 17.4. The van der Waals surface area contributed by atoms with Crippen LogP contribution in [0.15, 0.2) is 53.1 Å². The third kappa shape index (κ3) is 3.74. The van der Waals surface area contributed by atoms with Crippen LogP contribution in [-0.2, 0) is 6.42 Å². The zero-order chi connectivity index (χ0) is 18.8. The van der Waals surface area contributed by atoms with E-state index in [0.29, 0.717) is 24.6 Å². The van der Waals surface area contributed by atoms with E-state index in [0.717, 1.165) is 29.8 Å². The van der Waals surface area contributed by atoms with Crippen molar-refractivity contribution in [3.63, 3.8) is 0 Å². The average Bonchev–Trinajstić information content (AvgIpc) is 3.32. The molecular weight excluding hydrogens is 345 g/mol. The van der Waals surface area contributed by atoms with E-state index in [9.17, 15) is 9.18 Å². The minimum atomic E-state index is -0.247. The molecule has 3 heterocycles. The molecule has 138 valence electrons. The summed E-state index contributed by atoms with van der Waals surface area (Å²) in [6.45, 7) is 2.40. The highest BCUT2D eigenvalue weighted by molar-refractivity contribution is 5.92. The summed E-state index contributed by atoms with van der Waals surface area (Å²) in [7, 11) is 0. The molecule has 1 saturated heterocycles. The number of halogens is 1. The van der Waals surface area contributed by atoms with Gasteiger partial charge in [-0.2, -0.15) is 0 Å². The Hall–Kier alpha value is -3.02. The topological polar surface area (TPSA) is 59.2 Å². The SMILES string of the molecule is Cc1nc(C(=O)N2CCC[C@@H]2c2cccc(Cc3ccc(F)cc3)n2)co1. The molecule has 1 aliphatic heterocycles. The standard InChI is InChI=1S/C21H20FN3O2/c1-14-23-19(13-27-14)21(26)25-11-3-6-20(25)18-5-2-4-17(24-18)12-15-7-9-16(22)10-8-15/h2,4-5,7-10,13,20H,3,6,11-12H2,1H3/t20-/m1/s1. The third-order valence-corrected chi connectivity index (χ3v) is 4.82. The quantitative estimate of drug-likeness (QED) is 0.699. The van der Waals surface area contributed by atoms with Crippen LogP contribution in [0, 0.1) is 12.7 Å². The summed E-state index contributed by atoms with van der Waals surface area (Å²) in [4.78, 5) is 23.5. The number of aryl methyl sites for hydroxylation is 1. The minimum Gasteiger partial charge on any atom is -0.448 e. The van der Waals surface area contributed by atoms with Gasteiger partial charge >= 0.3 is 0 Å². The number of hydrogen-bond acceptors (Lipinski definition) is 4. The molecule has 3 aromatic rings. The number of hydrogen-bond donors (Lipinski definition) is 0. The lowest BCUT2D eigenvalue weighted by atomic mass is 10.1. The Balaban J connectivity index is 1.55. The van der Waals surface area contributed by atoms with Gasteiger partial charge < -0.3 is 9.32 Å². The summed E-state index contributed by atoms with van der Waals surface area (Å²) in [5, 5.41) is 0. The van der Waals surface area contributed by atoms with Crippen molar-refractivity contribution < 1.29 is 13.6 Å². The Morgan fingerprint density at radius 2 is 2.04 bits per heavy atom. The number of nitrogens with zero attached hydrogens (tertiary/aromatic N) is 3. The first-order valence-corrected chi connectivity index (χ1v) is 9.03. The second-order valence-electron chi connectivity index (χ2n) is 6.77. The second-order valence-corrected chi connectivity index (χ2v) is 6.77. The van der Waals surface area contributed by atoms with Gasteiger partial charge in [0.25, 0.3) is 5.91 Å². The predicted octanol–water partition coefficient (Wildman–Crippen LogP) is 4.09. The van der Waals surface area contributed by atoms with Crippen molar-refractivity contribution in [3.8, 4) is 0 Å². The largest absolute Gasteiger partial charge is 0.448 e. The van der Waals surface area contributed by atoms with Gasteiger partial charge in [-0.3, -0.25) is 9.78 Å². The van der Waals surface area contributed by atoms with Crippen LogP contribution in [0.25, 0.3) is 0 Å². The number of carbonyl (C=O) groups excluding carboxylic acids is 1. The molecule has 5 nitrogen and oxygen atoms in total. The molecule has 0 unspecified atom stereocenters. The van der Waals surface area contributed by atoms with E-state index in [1.807, 2.05) is 23.1 Å². The summed E-state index contributed by atoms with van der Waals surface area (Å²) < 4.78 is 18.3. The van der Waals surface area contributed by atoms with Crippen molar-refractivity contribution >= 4 is 5.91 Å². The van der Waals surface area contributed by atoms with Crippen LogP contribution < -0.4 is 0 Å². The zero-order valence-corrected chi connectivity index (χ0v) is 15.1. The molecule has 2 aromatic heterocycles. The van der Waals surface area contributed by atoms with Gasteiger partial charge in [-0.25, -0.2) is 9.37 Å². The van der Waals surface area contributed by atoms with Crippen LogP contribution >= 0.6 is 0 Å². The molecule has 0 radical (unpaired) electrons. The smallest absolute Gasteiger partial charge is 0.276 e. The normalized spacial score (nSPS) is 16.7. The molecule has 0 N–H and O–H groups in total. The second kappa shape index (κ2) is 7.31. The van der Waals surface area contributed by atoms with Gasteiger partial charge in [-0.05, 0) is 42.7 Å². The maximum Gasteiger partial charge on any atom is 0.276 e. The van der Waals surface area contributed by atoms with E-state index >= 15 is 0 Å². The molecule has 1 atom stereocenters. The summed E-state index contributed by atoms with van der Waals surface area (Å²) in [6, 6.07) is 12.2. The minimum absolute atomic E-state index is 0.0670. The Kier molecular flexibility index (Phi) is 4.71. The fourth-order valence-electron chi connectivity index (χ4n) is 3.52. The average molecular weight is 365 g/mol. The number of oxazole rings is 1. The van der Waals surface area contributed by atoms with Crippen molar-refractivity contribution in [1.82, 2.24) is 14.9 Å². The number of benzene rings is 1. The van der Waals surface area contributed by atoms with E-state index in [1.165, 1.54) is 18.4 Å². The molecule has 0 saturated carbocycles. The lowest BCUT2D eigenvalue weighted by Crippen LogP contribution is -2.31. The monoisotopic (exact) mass is 365 g/mol. The number of pyridine rings is 1. The van der Waals surface area contributed by atoms with E-state index in [1.54, 1.807) is 19.1 Å². The molecule has 27 heavy (non-hydrogen) atoms.